The first-order valence-corrected chi connectivity index (χ1v) is 5.67. The lowest BCUT2D eigenvalue weighted by atomic mass is 10.2. The predicted molar refractivity (Wildman–Crippen MR) is 66.5 cm³/mol. The first-order chi connectivity index (χ1) is 8.99. The molecule has 0 radical (unpaired) electrons. The monoisotopic (exact) mass is 287 g/mol. The van der Waals surface area contributed by atoms with E-state index in [1.54, 1.807) is 0 Å². The molecule has 0 fully saturated rings. The van der Waals surface area contributed by atoms with Gasteiger partial charge in [-0.3, -0.25) is 0 Å². The zero-order valence-corrected chi connectivity index (χ0v) is 10.3. The Bertz CT molecular complexity index is 619. The summed E-state index contributed by atoms with van der Waals surface area (Å²) in [4.78, 5) is 0. The Morgan fingerprint density at radius 1 is 1.05 bits per heavy atom. The van der Waals surface area contributed by atoms with Crippen LogP contribution >= 0.6 is 11.6 Å². The van der Waals surface area contributed by atoms with Gasteiger partial charge in [-0.15, -0.1) is 0 Å². The largest absolute Gasteiger partial charge is 0.486 e. The van der Waals surface area contributed by atoms with Crippen LogP contribution in [0.4, 0.5) is 18.9 Å². The number of anilines is 1. The Morgan fingerprint density at radius 3 is 2.53 bits per heavy atom. The molecule has 0 aromatic heterocycles. The van der Waals surface area contributed by atoms with E-state index in [9.17, 15) is 13.2 Å². The Morgan fingerprint density at radius 2 is 1.79 bits per heavy atom. The van der Waals surface area contributed by atoms with Crippen molar-refractivity contribution in [1.82, 2.24) is 0 Å². The minimum atomic E-state index is -0.800. The zero-order valence-electron chi connectivity index (χ0n) is 9.59. The van der Waals surface area contributed by atoms with Gasteiger partial charge < -0.3 is 10.5 Å². The van der Waals surface area contributed by atoms with Crippen LogP contribution in [0.15, 0.2) is 30.3 Å². The fourth-order valence-corrected chi connectivity index (χ4v) is 1.65. The molecule has 0 atom stereocenters. The third-order valence-corrected chi connectivity index (χ3v) is 2.89. The zero-order chi connectivity index (χ0) is 14.0. The van der Waals surface area contributed by atoms with Gasteiger partial charge in [-0.25, -0.2) is 13.2 Å². The van der Waals surface area contributed by atoms with E-state index in [1.165, 1.54) is 18.2 Å². The molecule has 0 amide bonds. The fourth-order valence-electron chi connectivity index (χ4n) is 1.47. The summed E-state index contributed by atoms with van der Waals surface area (Å²) in [6.45, 7) is -0.184. The summed E-state index contributed by atoms with van der Waals surface area (Å²) in [5, 5.41) is -0.112. The number of nitrogen functional groups attached to an aromatic ring is 1. The highest BCUT2D eigenvalue weighted by molar-refractivity contribution is 6.31. The molecule has 0 spiro atoms. The lowest BCUT2D eigenvalue weighted by Crippen LogP contribution is -2.01. The highest BCUT2D eigenvalue weighted by atomic mass is 35.5. The van der Waals surface area contributed by atoms with Gasteiger partial charge >= 0.3 is 0 Å². The van der Waals surface area contributed by atoms with Crippen molar-refractivity contribution in [2.75, 3.05) is 5.73 Å². The summed E-state index contributed by atoms with van der Waals surface area (Å²) in [5.41, 5.74) is 5.22. The molecule has 0 aliphatic rings. The molecule has 0 saturated carbocycles. The van der Waals surface area contributed by atoms with Gasteiger partial charge in [0.05, 0.1) is 10.7 Å². The number of rotatable bonds is 3. The molecule has 0 bridgehead atoms. The van der Waals surface area contributed by atoms with Crippen LogP contribution in [-0.2, 0) is 6.61 Å². The Hall–Kier alpha value is -1.88. The van der Waals surface area contributed by atoms with Crippen LogP contribution in [-0.4, -0.2) is 0 Å². The van der Waals surface area contributed by atoms with Crippen LogP contribution in [0.2, 0.25) is 5.02 Å². The quantitative estimate of drug-likeness (QED) is 0.869. The summed E-state index contributed by atoms with van der Waals surface area (Å²) in [7, 11) is 0. The topological polar surface area (TPSA) is 35.2 Å². The smallest absolute Gasteiger partial charge is 0.167 e. The van der Waals surface area contributed by atoms with Crippen LogP contribution in [0.5, 0.6) is 5.75 Å². The molecule has 2 nitrogen and oxygen atoms in total. The molecule has 0 aliphatic heterocycles. The van der Waals surface area contributed by atoms with Gasteiger partial charge in [-0.2, -0.15) is 0 Å². The first-order valence-electron chi connectivity index (χ1n) is 5.29. The average Bonchev–Trinajstić information content (AvgIpc) is 2.37. The van der Waals surface area contributed by atoms with E-state index in [1.807, 2.05) is 0 Å². The van der Waals surface area contributed by atoms with Crippen LogP contribution in [0.1, 0.15) is 5.56 Å². The van der Waals surface area contributed by atoms with Crippen molar-refractivity contribution in [3.05, 3.63) is 58.4 Å². The third-order valence-electron chi connectivity index (χ3n) is 2.47. The Kier molecular flexibility index (Phi) is 3.85. The number of nitrogens with two attached hydrogens (primary N) is 1. The van der Waals surface area contributed by atoms with Crippen molar-refractivity contribution in [3.8, 4) is 5.75 Å². The summed E-state index contributed by atoms with van der Waals surface area (Å²) in [6, 6.07) is 5.81. The van der Waals surface area contributed by atoms with Gasteiger partial charge in [0.15, 0.2) is 11.6 Å². The van der Waals surface area contributed by atoms with Crippen LogP contribution < -0.4 is 10.5 Å². The third kappa shape index (κ3) is 2.93. The van der Waals surface area contributed by atoms with Crippen molar-refractivity contribution in [2.24, 2.45) is 0 Å². The number of halogens is 4. The van der Waals surface area contributed by atoms with Crippen molar-refractivity contribution >= 4 is 17.3 Å². The molecule has 100 valence electrons. The second-order valence-electron chi connectivity index (χ2n) is 3.81. The molecule has 2 rings (SSSR count). The fraction of sp³-hybridized carbons (Fsp3) is 0.0769. The molecule has 2 aromatic rings. The van der Waals surface area contributed by atoms with E-state index in [0.29, 0.717) is 5.56 Å². The highest BCUT2D eigenvalue weighted by Crippen LogP contribution is 2.25. The van der Waals surface area contributed by atoms with Crippen LogP contribution in [0.3, 0.4) is 0 Å². The SMILES string of the molecule is Nc1cc(F)c(OCc2cccc(F)c2Cl)cc1F. The normalized spacial score (nSPS) is 10.5. The summed E-state index contributed by atoms with van der Waals surface area (Å²) >= 11 is 5.71. The first kappa shape index (κ1) is 13.5. The van der Waals surface area contributed by atoms with Crippen molar-refractivity contribution < 1.29 is 17.9 Å². The second kappa shape index (κ2) is 5.40. The molecule has 0 aliphatic carbocycles. The van der Waals surface area contributed by atoms with E-state index < -0.39 is 17.5 Å². The summed E-state index contributed by atoms with van der Waals surface area (Å²) in [6.07, 6.45) is 0. The maximum atomic E-state index is 13.4. The van der Waals surface area contributed by atoms with Gasteiger partial charge in [0, 0.05) is 17.7 Å². The molecule has 0 unspecified atom stereocenters. The van der Waals surface area contributed by atoms with Gasteiger partial charge in [-0.05, 0) is 6.07 Å². The second-order valence-corrected chi connectivity index (χ2v) is 4.18. The van der Waals surface area contributed by atoms with E-state index in [4.69, 9.17) is 22.1 Å². The molecule has 0 saturated heterocycles. The van der Waals surface area contributed by atoms with E-state index in [0.717, 1.165) is 12.1 Å². The van der Waals surface area contributed by atoms with Gasteiger partial charge in [0.1, 0.15) is 18.2 Å². The Labute approximate surface area is 112 Å². The Balaban J connectivity index is 2.19. The molecule has 6 heteroatoms. The van der Waals surface area contributed by atoms with E-state index in [2.05, 4.69) is 0 Å². The number of hydrogen-bond acceptors (Lipinski definition) is 2. The molecule has 19 heavy (non-hydrogen) atoms. The lowest BCUT2D eigenvalue weighted by molar-refractivity contribution is 0.288. The highest BCUT2D eigenvalue weighted by Gasteiger charge is 2.11. The summed E-state index contributed by atoms with van der Waals surface area (Å²) < 4.78 is 44.8. The summed E-state index contributed by atoms with van der Waals surface area (Å²) in [5.74, 6) is -2.51. The maximum Gasteiger partial charge on any atom is 0.167 e. The molecule has 0 heterocycles. The lowest BCUT2D eigenvalue weighted by Gasteiger charge is -2.10. The number of benzene rings is 2. The number of ether oxygens (including phenoxy) is 1. The van der Waals surface area contributed by atoms with Crippen molar-refractivity contribution in [2.45, 2.75) is 6.61 Å². The van der Waals surface area contributed by atoms with Gasteiger partial charge in [0.25, 0.3) is 0 Å². The average molecular weight is 288 g/mol. The van der Waals surface area contributed by atoms with Crippen LogP contribution in [0, 0.1) is 17.5 Å². The standard InChI is InChI=1S/C13H9ClF3NO/c14-13-7(2-1-3-8(13)15)6-19-12-5-9(16)11(18)4-10(12)17/h1-5H,6,18H2. The molecule has 2 N–H and O–H groups in total. The molecular formula is C13H9ClF3NO. The van der Waals surface area contributed by atoms with E-state index in [-0.39, 0.29) is 23.1 Å². The maximum absolute atomic E-state index is 13.4. The number of hydrogen-bond donors (Lipinski definition) is 1. The van der Waals surface area contributed by atoms with Gasteiger partial charge in [0.2, 0.25) is 0 Å². The van der Waals surface area contributed by atoms with Crippen molar-refractivity contribution in [1.29, 1.82) is 0 Å². The minimum absolute atomic E-state index is 0.112. The van der Waals surface area contributed by atoms with Crippen LogP contribution in [0.25, 0.3) is 0 Å². The van der Waals surface area contributed by atoms with Gasteiger partial charge in [-0.1, -0.05) is 23.7 Å². The predicted octanol–water partition coefficient (Wildman–Crippen LogP) is 3.92. The van der Waals surface area contributed by atoms with E-state index >= 15 is 0 Å². The minimum Gasteiger partial charge on any atom is -0.486 e. The molecular weight excluding hydrogens is 279 g/mol. The van der Waals surface area contributed by atoms with Crippen molar-refractivity contribution in [3.63, 3.8) is 0 Å². The molecule has 2 aromatic carbocycles.